The van der Waals surface area contributed by atoms with E-state index in [1.165, 1.54) is 5.56 Å². The van der Waals surface area contributed by atoms with Crippen LogP contribution in [0.25, 0.3) is 0 Å². The average Bonchev–Trinajstić information content (AvgIpc) is 2.21. The lowest BCUT2D eigenvalue weighted by Gasteiger charge is -2.21. The highest BCUT2D eigenvalue weighted by molar-refractivity contribution is 5.19. The van der Waals surface area contributed by atoms with Crippen molar-refractivity contribution in [2.24, 2.45) is 17.4 Å². The molecule has 13 heavy (non-hydrogen) atoms. The van der Waals surface area contributed by atoms with E-state index < -0.39 is 0 Å². The van der Waals surface area contributed by atoms with E-state index in [2.05, 4.69) is 19.1 Å². The Bertz CT molecular complexity index is 229. The highest BCUT2D eigenvalue weighted by atomic mass is 14.7. The molecule has 0 radical (unpaired) electrons. The maximum atomic E-state index is 6.08. The molecule has 0 bridgehead atoms. The molecule has 0 spiro atoms. The molecule has 2 heteroatoms. The summed E-state index contributed by atoms with van der Waals surface area (Å²) in [7, 11) is 0. The zero-order valence-electron chi connectivity index (χ0n) is 8.11. The Kier molecular flexibility index (Phi) is 3.93. The highest BCUT2D eigenvalue weighted by Crippen LogP contribution is 2.20. The molecule has 0 saturated heterocycles. The molecular weight excluding hydrogens is 160 g/mol. The molecule has 0 saturated carbocycles. The standard InChI is InChI=1S/C11H18N2/c1-2-9(8-12)11(13)10-6-4-3-5-7-10/h3-7,9,11H,2,8,12-13H2,1H3. The molecule has 0 fully saturated rings. The summed E-state index contributed by atoms with van der Waals surface area (Å²) in [6.07, 6.45) is 1.03. The topological polar surface area (TPSA) is 52.0 Å². The van der Waals surface area contributed by atoms with Crippen molar-refractivity contribution in [3.05, 3.63) is 35.9 Å². The monoisotopic (exact) mass is 178 g/mol. The van der Waals surface area contributed by atoms with Crippen LogP contribution in [0.15, 0.2) is 30.3 Å². The van der Waals surface area contributed by atoms with Gasteiger partial charge in [-0.1, -0.05) is 43.7 Å². The van der Waals surface area contributed by atoms with Gasteiger partial charge in [0.05, 0.1) is 0 Å². The third-order valence-corrected chi connectivity index (χ3v) is 2.52. The first-order chi connectivity index (χ1) is 6.29. The molecule has 2 nitrogen and oxygen atoms in total. The van der Waals surface area contributed by atoms with Crippen molar-refractivity contribution in [1.29, 1.82) is 0 Å². The summed E-state index contributed by atoms with van der Waals surface area (Å²) >= 11 is 0. The predicted molar refractivity (Wildman–Crippen MR) is 56.2 cm³/mol. The molecule has 1 aromatic rings. The van der Waals surface area contributed by atoms with Crippen LogP contribution in [0.2, 0.25) is 0 Å². The summed E-state index contributed by atoms with van der Waals surface area (Å²) in [4.78, 5) is 0. The van der Waals surface area contributed by atoms with Crippen molar-refractivity contribution in [3.63, 3.8) is 0 Å². The van der Waals surface area contributed by atoms with Crippen LogP contribution < -0.4 is 11.5 Å². The molecule has 1 rings (SSSR count). The number of benzene rings is 1. The molecule has 0 aliphatic carbocycles. The molecule has 0 aromatic heterocycles. The molecule has 0 aliphatic rings. The quantitative estimate of drug-likeness (QED) is 0.737. The number of hydrogen-bond acceptors (Lipinski definition) is 2. The van der Waals surface area contributed by atoms with Gasteiger partial charge in [0.1, 0.15) is 0 Å². The van der Waals surface area contributed by atoms with Gasteiger partial charge in [-0.3, -0.25) is 0 Å². The van der Waals surface area contributed by atoms with Gasteiger partial charge in [-0.25, -0.2) is 0 Å². The maximum absolute atomic E-state index is 6.08. The Morgan fingerprint density at radius 3 is 2.31 bits per heavy atom. The van der Waals surface area contributed by atoms with E-state index >= 15 is 0 Å². The van der Waals surface area contributed by atoms with Crippen molar-refractivity contribution < 1.29 is 0 Å². The van der Waals surface area contributed by atoms with E-state index in [1.807, 2.05) is 18.2 Å². The van der Waals surface area contributed by atoms with Crippen LogP contribution in [0, 0.1) is 5.92 Å². The van der Waals surface area contributed by atoms with Crippen molar-refractivity contribution >= 4 is 0 Å². The summed E-state index contributed by atoms with van der Waals surface area (Å²) in [6, 6.07) is 10.2. The van der Waals surface area contributed by atoms with Gasteiger partial charge >= 0.3 is 0 Å². The Hall–Kier alpha value is -0.860. The smallest absolute Gasteiger partial charge is 0.0335 e. The lowest BCUT2D eigenvalue weighted by atomic mass is 9.92. The van der Waals surface area contributed by atoms with Crippen molar-refractivity contribution in [3.8, 4) is 0 Å². The van der Waals surface area contributed by atoms with E-state index in [4.69, 9.17) is 11.5 Å². The Morgan fingerprint density at radius 2 is 1.85 bits per heavy atom. The maximum Gasteiger partial charge on any atom is 0.0335 e. The normalized spacial score (nSPS) is 15.3. The Labute approximate surface area is 79.9 Å². The minimum Gasteiger partial charge on any atom is -0.330 e. The molecular formula is C11H18N2. The Balaban J connectivity index is 2.72. The third kappa shape index (κ3) is 2.54. The van der Waals surface area contributed by atoms with E-state index in [1.54, 1.807) is 0 Å². The number of nitrogens with two attached hydrogens (primary N) is 2. The van der Waals surface area contributed by atoms with Gasteiger partial charge in [-0.05, 0) is 18.0 Å². The van der Waals surface area contributed by atoms with Crippen LogP contribution >= 0.6 is 0 Å². The van der Waals surface area contributed by atoms with Gasteiger partial charge < -0.3 is 11.5 Å². The molecule has 2 unspecified atom stereocenters. The van der Waals surface area contributed by atoms with Gasteiger partial charge in [-0.2, -0.15) is 0 Å². The van der Waals surface area contributed by atoms with Gasteiger partial charge in [-0.15, -0.1) is 0 Å². The second kappa shape index (κ2) is 5.00. The first kappa shape index (κ1) is 10.2. The van der Waals surface area contributed by atoms with Gasteiger partial charge in [0.25, 0.3) is 0 Å². The van der Waals surface area contributed by atoms with Gasteiger partial charge in [0.2, 0.25) is 0 Å². The fraction of sp³-hybridized carbons (Fsp3) is 0.455. The second-order valence-electron chi connectivity index (χ2n) is 3.34. The fourth-order valence-corrected chi connectivity index (χ4v) is 1.51. The molecule has 72 valence electrons. The van der Waals surface area contributed by atoms with Crippen LogP contribution in [0.5, 0.6) is 0 Å². The van der Waals surface area contributed by atoms with Gasteiger partial charge in [0, 0.05) is 6.04 Å². The van der Waals surface area contributed by atoms with Gasteiger partial charge in [0.15, 0.2) is 0 Å². The fourth-order valence-electron chi connectivity index (χ4n) is 1.51. The zero-order chi connectivity index (χ0) is 9.68. The zero-order valence-corrected chi connectivity index (χ0v) is 8.11. The SMILES string of the molecule is CCC(CN)C(N)c1ccccc1. The summed E-state index contributed by atoms with van der Waals surface area (Å²) in [5.74, 6) is 0.391. The summed E-state index contributed by atoms with van der Waals surface area (Å²) < 4.78 is 0. The lowest BCUT2D eigenvalue weighted by molar-refractivity contribution is 0.428. The van der Waals surface area contributed by atoms with Crippen molar-refractivity contribution in [1.82, 2.24) is 0 Å². The van der Waals surface area contributed by atoms with Crippen LogP contribution in [0.1, 0.15) is 24.9 Å². The summed E-state index contributed by atoms with van der Waals surface area (Å²) in [5.41, 5.74) is 12.9. The second-order valence-corrected chi connectivity index (χ2v) is 3.34. The van der Waals surface area contributed by atoms with Crippen molar-refractivity contribution in [2.45, 2.75) is 19.4 Å². The minimum absolute atomic E-state index is 0.0798. The summed E-state index contributed by atoms with van der Waals surface area (Å²) in [5, 5.41) is 0. The molecule has 1 aromatic carbocycles. The number of hydrogen-bond donors (Lipinski definition) is 2. The van der Waals surface area contributed by atoms with Crippen molar-refractivity contribution in [2.75, 3.05) is 6.54 Å². The van der Waals surface area contributed by atoms with Crippen LogP contribution in [0.4, 0.5) is 0 Å². The van der Waals surface area contributed by atoms with E-state index in [0.29, 0.717) is 12.5 Å². The summed E-state index contributed by atoms with van der Waals surface area (Å²) in [6.45, 7) is 2.78. The number of rotatable bonds is 4. The first-order valence-electron chi connectivity index (χ1n) is 4.80. The van der Waals surface area contributed by atoms with Crippen LogP contribution in [-0.2, 0) is 0 Å². The predicted octanol–water partition coefficient (Wildman–Crippen LogP) is 1.67. The molecule has 2 atom stereocenters. The molecule has 0 heterocycles. The molecule has 0 aliphatic heterocycles. The van der Waals surface area contributed by atoms with E-state index in [9.17, 15) is 0 Å². The van der Waals surface area contributed by atoms with E-state index in [0.717, 1.165) is 6.42 Å². The van der Waals surface area contributed by atoms with E-state index in [-0.39, 0.29) is 6.04 Å². The largest absolute Gasteiger partial charge is 0.330 e. The Morgan fingerprint density at radius 1 is 1.23 bits per heavy atom. The third-order valence-electron chi connectivity index (χ3n) is 2.52. The highest BCUT2D eigenvalue weighted by Gasteiger charge is 2.15. The average molecular weight is 178 g/mol. The molecule has 0 amide bonds. The van der Waals surface area contributed by atoms with Crippen LogP contribution in [-0.4, -0.2) is 6.54 Å². The van der Waals surface area contributed by atoms with Crippen LogP contribution in [0.3, 0.4) is 0 Å². The minimum atomic E-state index is 0.0798. The lowest BCUT2D eigenvalue weighted by Crippen LogP contribution is -2.27. The molecule has 4 N–H and O–H groups in total. The first-order valence-corrected chi connectivity index (χ1v) is 4.80.